The van der Waals surface area contributed by atoms with E-state index in [0.29, 0.717) is 0 Å². The van der Waals surface area contributed by atoms with Gasteiger partial charge in [0.1, 0.15) is 5.75 Å². The van der Waals surface area contributed by atoms with E-state index < -0.39 is 0 Å². The Morgan fingerprint density at radius 1 is 1.25 bits per heavy atom. The Morgan fingerprint density at radius 2 is 2.06 bits per heavy atom. The van der Waals surface area contributed by atoms with Crippen molar-refractivity contribution in [3.05, 3.63) is 28.8 Å². The van der Waals surface area contributed by atoms with Crippen LogP contribution >= 0.6 is 0 Å². The van der Waals surface area contributed by atoms with Crippen LogP contribution in [0.2, 0.25) is 0 Å². The van der Waals surface area contributed by atoms with Crippen LogP contribution in [0.25, 0.3) is 0 Å². The minimum Gasteiger partial charge on any atom is -0.493 e. The van der Waals surface area contributed by atoms with Crippen LogP contribution in [0.3, 0.4) is 0 Å². The lowest BCUT2D eigenvalue weighted by Crippen LogP contribution is -2.25. The van der Waals surface area contributed by atoms with Crippen LogP contribution in [-0.2, 0) is 17.6 Å². The number of ether oxygens (including phenoxy) is 2. The van der Waals surface area contributed by atoms with Crippen molar-refractivity contribution in [2.75, 3.05) is 26.8 Å². The summed E-state index contributed by atoms with van der Waals surface area (Å²) in [5.41, 5.74) is 4.02. The van der Waals surface area contributed by atoms with E-state index in [1.54, 1.807) is 0 Å². The predicted octanol–water partition coefficient (Wildman–Crippen LogP) is 1.45. The molecule has 1 atom stereocenters. The molecule has 0 aromatic heterocycles. The number of nitrogens with one attached hydrogen (secondary N) is 1. The summed E-state index contributed by atoms with van der Waals surface area (Å²) in [6, 6.07) is 4.46. The molecule has 1 N–H and O–H groups in total. The Morgan fingerprint density at radius 3 is 2.94 bits per heavy atom. The van der Waals surface area contributed by atoms with Crippen molar-refractivity contribution in [3.8, 4) is 5.75 Å². The van der Waals surface area contributed by atoms with Gasteiger partial charge >= 0.3 is 0 Å². The van der Waals surface area contributed by atoms with Gasteiger partial charge in [-0.25, -0.2) is 0 Å². The van der Waals surface area contributed by atoms with Crippen molar-refractivity contribution in [1.29, 1.82) is 0 Å². The van der Waals surface area contributed by atoms with Crippen LogP contribution in [0.4, 0.5) is 0 Å². The van der Waals surface area contributed by atoms with Gasteiger partial charge in [0, 0.05) is 18.5 Å². The van der Waals surface area contributed by atoms with E-state index in [2.05, 4.69) is 17.4 Å². The second kappa shape index (κ2) is 4.07. The van der Waals surface area contributed by atoms with Crippen LogP contribution in [0, 0.1) is 0 Å². The van der Waals surface area contributed by atoms with E-state index in [9.17, 15) is 0 Å². The maximum absolute atomic E-state index is 5.83. The van der Waals surface area contributed by atoms with E-state index in [1.807, 2.05) is 7.05 Å². The molecule has 0 spiro atoms. The Hall–Kier alpha value is -1.06. The maximum atomic E-state index is 5.83. The largest absolute Gasteiger partial charge is 0.493 e. The molecule has 0 fully saturated rings. The highest BCUT2D eigenvalue weighted by molar-refractivity contribution is 5.50. The normalized spacial score (nSPS) is 22.4. The molecule has 3 rings (SSSR count). The Kier molecular flexibility index (Phi) is 2.58. The molecule has 1 aromatic carbocycles. The van der Waals surface area contributed by atoms with Crippen LogP contribution in [0.1, 0.15) is 22.8 Å². The molecule has 0 aliphatic carbocycles. The summed E-state index contributed by atoms with van der Waals surface area (Å²) in [6.45, 7) is 2.49. The molecule has 0 saturated heterocycles. The quantitative estimate of drug-likeness (QED) is 0.816. The van der Waals surface area contributed by atoms with Gasteiger partial charge in [-0.1, -0.05) is 12.1 Å². The zero-order valence-electron chi connectivity index (χ0n) is 9.58. The minimum atomic E-state index is 0.154. The van der Waals surface area contributed by atoms with Gasteiger partial charge in [0.2, 0.25) is 0 Å². The van der Waals surface area contributed by atoms with E-state index in [0.717, 1.165) is 38.3 Å². The lowest BCUT2D eigenvalue weighted by molar-refractivity contribution is 0.0419. The smallest absolute Gasteiger partial charge is 0.128 e. The monoisotopic (exact) mass is 219 g/mol. The highest BCUT2D eigenvalue weighted by Gasteiger charge is 2.28. The zero-order valence-corrected chi connectivity index (χ0v) is 9.58. The van der Waals surface area contributed by atoms with Gasteiger partial charge in [-0.05, 0) is 24.6 Å². The Bertz CT molecular complexity index is 403. The summed E-state index contributed by atoms with van der Waals surface area (Å²) >= 11 is 0. The fourth-order valence-electron chi connectivity index (χ4n) is 2.63. The molecule has 1 aromatic rings. The van der Waals surface area contributed by atoms with Gasteiger partial charge in [0.25, 0.3) is 0 Å². The third-order valence-electron chi connectivity index (χ3n) is 3.39. The molecule has 0 radical (unpaired) electrons. The molecule has 3 heteroatoms. The van der Waals surface area contributed by atoms with Gasteiger partial charge in [-0.15, -0.1) is 0 Å². The third-order valence-corrected chi connectivity index (χ3v) is 3.39. The number of rotatable bonds is 2. The number of fused-ring (bicyclic) bond motifs is 3. The van der Waals surface area contributed by atoms with Crippen LogP contribution in [0.15, 0.2) is 12.1 Å². The van der Waals surface area contributed by atoms with Crippen LogP contribution in [-0.4, -0.2) is 26.8 Å². The fourth-order valence-corrected chi connectivity index (χ4v) is 2.63. The second-order valence-corrected chi connectivity index (χ2v) is 4.39. The maximum Gasteiger partial charge on any atom is 0.128 e. The first-order valence-electron chi connectivity index (χ1n) is 5.94. The standard InChI is InChI=1S/C13H17NO2/c1-14-8-11-12-9(4-6-15-11)2-3-10-5-7-16-13(10)12/h2-3,11,14H,4-8H2,1H3. The number of benzene rings is 1. The van der Waals surface area contributed by atoms with Crippen LogP contribution < -0.4 is 10.1 Å². The summed E-state index contributed by atoms with van der Waals surface area (Å²) < 4.78 is 11.6. The summed E-state index contributed by atoms with van der Waals surface area (Å²) in [7, 11) is 1.96. The van der Waals surface area contributed by atoms with Crippen molar-refractivity contribution in [3.63, 3.8) is 0 Å². The van der Waals surface area contributed by atoms with Gasteiger partial charge < -0.3 is 14.8 Å². The van der Waals surface area contributed by atoms with Crippen molar-refractivity contribution < 1.29 is 9.47 Å². The molecule has 2 heterocycles. The molecule has 1 unspecified atom stereocenters. The van der Waals surface area contributed by atoms with Crippen molar-refractivity contribution >= 4 is 0 Å². The minimum absolute atomic E-state index is 0.154. The summed E-state index contributed by atoms with van der Waals surface area (Å²) in [5.74, 6) is 1.09. The van der Waals surface area contributed by atoms with Crippen molar-refractivity contribution in [2.24, 2.45) is 0 Å². The average Bonchev–Trinajstić information content (AvgIpc) is 2.77. The molecule has 86 valence electrons. The van der Waals surface area contributed by atoms with Gasteiger partial charge in [0.15, 0.2) is 0 Å². The van der Waals surface area contributed by atoms with E-state index >= 15 is 0 Å². The Balaban J connectivity index is 2.06. The Labute approximate surface area is 95.8 Å². The molecule has 16 heavy (non-hydrogen) atoms. The summed E-state index contributed by atoms with van der Waals surface area (Å²) in [5, 5.41) is 3.19. The van der Waals surface area contributed by atoms with Crippen LogP contribution in [0.5, 0.6) is 5.75 Å². The highest BCUT2D eigenvalue weighted by Crippen LogP contribution is 2.39. The number of hydrogen-bond acceptors (Lipinski definition) is 3. The van der Waals surface area contributed by atoms with Crippen molar-refractivity contribution in [2.45, 2.75) is 18.9 Å². The van der Waals surface area contributed by atoms with Gasteiger partial charge in [-0.3, -0.25) is 0 Å². The predicted molar refractivity (Wildman–Crippen MR) is 62.0 cm³/mol. The zero-order chi connectivity index (χ0) is 11.0. The number of likely N-dealkylation sites (N-methyl/N-ethyl adjacent to an activating group) is 1. The van der Waals surface area contributed by atoms with E-state index in [-0.39, 0.29) is 6.10 Å². The average molecular weight is 219 g/mol. The molecule has 2 aliphatic rings. The second-order valence-electron chi connectivity index (χ2n) is 4.39. The SMILES string of the molecule is CNCC1OCCc2ccc3c(c21)OCC3. The fraction of sp³-hybridized carbons (Fsp3) is 0.538. The topological polar surface area (TPSA) is 30.5 Å². The molecular formula is C13H17NO2. The molecule has 2 aliphatic heterocycles. The van der Waals surface area contributed by atoms with E-state index in [1.165, 1.54) is 16.7 Å². The van der Waals surface area contributed by atoms with Gasteiger partial charge in [0.05, 0.1) is 19.3 Å². The first-order chi connectivity index (χ1) is 7.90. The first kappa shape index (κ1) is 10.1. The molecule has 0 saturated carbocycles. The lowest BCUT2D eigenvalue weighted by Gasteiger charge is -2.27. The molecule has 0 bridgehead atoms. The lowest BCUT2D eigenvalue weighted by atomic mass is 9.93. The third kappa shape index (κ3) is 1.51. The number of hydrogen-bond donors (Lipinski definition) is 1. The molecule has 3 nitrogen and oxygen atoms in total. The summed E-state index contributed by atoms with van der Waals surface area (Å²) in [4.78, 5) is 0. The molecule has 0 amide bonds. The molecular weight excluding hydrogens is 202 g/mol. The van der Waals surface area contributed by atoms with Gasteiger partial charge in [-0.2, -0.15) is 0 Å². The van der Waals surface area contributed by atoms with E-state index in [4.69, 9.17) is 9.47 Å². The van der Waals surface area contributed by atoms with Crippen molar-refractivity contribution in [1.82, 2.24) is 5.32 Å². The highest BCUT2D eigenvalue weighted by atomic mass is 16.5. The first-order valence-corrected chi connectivity index (χ1v) is 5.94. The summed E-state index contributed by atoms with van der Waals surface area (Å²) in [6.07, 6.45) is 2.20.